The van der Waals surface area contributed by atoms with Gasteiger partial charge in [-0.15, -0.1) is 0 Å². The zero-order valence-corrected chi connectivity index (χ0v) is 12.8. The highest BCUT2D eigenvalue weighted by molar-refractivity contribution is 7.27. The molecule has 22 heavy (non-hydrogen) atoms. The maximum atomic E-state index is 14.1. The second-order valence-corrected chi connectivity index (χ2v) is 5.24. The van der Waals surface area contributed by atoms with E-state index in [4.69, 9.17) is 0 Å². The molecule has 1 aromatic carbocycles. The van der Waals surface area contributed by atoms with Crippen molar-refractivity contribution in [1.82, 2.24) is 14.5 Å². The molecule has 7 heteroatoms. The molecule has 112 valence electrons. The van der Waals surface area contributed by atoms with Gasteiger partial charge in [0.2, 0.25) is 0 Å². The van der Waals surface area contributed by atoms with Crippen LogP contribution >= 0.6 is 9.24 Å². The second-order valence-electron chi connectivity index (χ2n) is 4.69. The van der Waals surface area contributed by atoms with Crippen molar-refractivity contribution in [1.29, 1.82) is 0 Å². The molecule has 0 aliphatic carbocycles. The SMILES string of the molecule is CCc1nc(P)c2ccc(=O)n(-c3c(F)cccc3F)c2n1. The van der Waals surface area contributed by atoms with E-state index in [1.54, 1.807) is 6.07 Å². The predicted molar refractivity (Wildman–Crippen MR) is 83.8 cm³/mol. The number of benzene rings is 1. The maximum absolute atomic E-state index is 14.1. The van der Waals surface area contributed by atoms with Gasteiger partial charge in [-0.3, -0.25) is 9.36 Å². The molecular formula is C15H12F2N3OP. The standard InChI is InChI=1S/C15H12F2N3OP/c1-2-11-18-14-8(15(22)19-11)6-7-12(21)20(14)13-9(16)4-3-5-10(13)17/h3-7H,2,22H2,1H3. The van der Waals surface area contributed by atoms with E-state index in [2.05, 4.69) is 19.2 Å². The average molecular weight is 319 g/mol. The van der Waals surface area contributed by atoms with Crippen molar-refractivity contribution < 1.29 is 8.78 Å². The summed E-state index contributed by atoms with van der Waals surface area (Å²) in [4.78, 5) is 20.8. The van der Waals surface area contributed by atoms with Crippen molar-refractivity contribution in [3.05, 3.63) is 58.1 Å². The van der Waals surface area contributed by atoms with Crippen LogP contribution in [0.1, 0.15) is 12.7 Å². The smallest absolute Gasteiger partial charge is 0.256 e. The molecule has 1 atom stereocenters. The second kappa shape index (κ2) is 5.54. The van der Waals surface area contributed by atoms with E-state index in [9.17, 15) is 13.6 Å². The van der Waals surface area contributed by atoms with Gasteiger partial charge in [0.05, 0.1) is 5.44 Å². The van der Waals surface area contributed by atoms with Crippen LogP contribution in [0.15, 0.2) is 35.1 Å². The summed E-state index contributed by atoms with van der Waals surface area (Å²) in [7, 11) is 2.45. The van der Waals surface area contributed by atoms with Gasteiger partial charge in [-0.25, -0.2) is 18.7 Å². The number of hydrogen-bond donors (Lipinski definition) is 0. The Kier molecular flexibility index (Phi) is 3.71. The molecule has 1 unspecified atom stereocenters. The van der Waals surface area contributed by atoms with Gasteiger partial charge in [-0.05, 0) is 18.2 Å². The highest BCUT2D eigenvalue weighted by Crippen LogP contribution is 2.20. The van der Waals surface area contributed by atoms with Gasteiger partial charge in [0.1, 0.15) is 23.1 Å². The fourth-order valence-electron chi connectivity index (χ4n) is 2.26. The molecule has 4 nitrogen and oxygen atoms in total. The van der Waals surface area contributed by atoms with Crippen molar-refractivity contribution in [2.24, 2.45) is 0 Å². The molecule has 2 heterocycles. The number of pyridine rings is 1. The summed E-state index contributed by atoms with van der Waals surface area (Å²) < 4.78 is 29.1. The zero-order valence-electron chi connectivity index (χ0n) is 11.7. The minimum Gasteiger partial charge on any atom is -0.269 e. The molecule has 0 aliphatic rings. The summed E-state index contributed by atoms with van der Waals surface area (Å²) in [6.07, 6.45) is 0.542. The van der Waals surface area contributed by atoms with Crippen LogP contribution in [0.3, 0.4) is 0 Å². The minimum atomic E-state index is -0.823. The van der Waals surface area contributed by atoms with Gasteiger partial charge in [0.15, 0.2) is 5.65 Å². The van der Waals surface area contributed by atoms with Gasteiger partial charge in [0, 0.05) is 17.9 Å². The number of aromatic nitrogens is 3. The minimum absolute atomic E-state index is 0.188. The van der Waals surface area contributed by atoms with Crippen LogP contribution in [-0.2, 0) is 6.42 Å². The third-order valence-electron chi connectivity index (χ3n) is 3.30. The Morgan fingerprint density at radius 1 is 1.14 bits per heavy atom. The van der Waals surface area contributed by atoms with Crippen LogP contribution in [0, 0.1) is 11.6 Å². The van der Waals surface area contributed by atoms with Crippen LogP contribution in [0.2, 0.25) is 0 Å². The van der Waals surface area contributed by atoms with Crippen molar-refractivity contribution >= 4 is 25.7 Å². The number of aryl methyl sites for hydroxylation is 1. The van der Waals surface area contributed by atoms with Gasteiger partial charge in [-0.2, -0.15) is 0 Å². The number of nitrogens with zero attached hydrogens (tertiary/aromatic N) is 3. The molecule has 0 amide bonds. The predicted octanol–water partition coefficient (Wildman–Crippen LogP) is 2.12. The van der Waals surface area contributed by atoms with Gasteiger partial charge < -0.3 is 0 Å². The van der Waals surface area contributed by atoms with Crippen molar-refractivity contribution in [2.45, 2.75) is 13.3 Å². The Bertz CT molecular complexity index is 920. The Morgan fingerprint density at radius 3 is 2.45 bits per heavy atom. The molecule has 0 spiro atoms. The van der Waals surface area contributed by atoms with Crippen molar-refractivity contribution in [2.75, 3.05) is 0 Å². The summed E-state index contributed by atoms with van der Waals surface area (Å²) in [6, 6.07) is 6.25. The number of hydrogen-bond acceptors (Lipinski definition) is 3. The zero-order chi connectivity index (χ0) is 15.9. The lowest BCUT2D eigenvalue weighted by Gasteiger charge is -2.12. The third-order valence-corrected chi connectivity index (χ3v) is 3.74. The molecule has 0 fully saturated rings. The van der Waals surface area contributed by atoms with E-state index in [-0.39, 0.29) is 5.65 Å². The largest absolute Gasteiger partial charge is 0.269 e. The maximum Gasteiger partial charge on any atom is 0.256 e. The van der Waals surface area contributed by atoms with Crippen LogP contribution in [0.4, 0.5) is 8.78 Å². The van der Waals surface area contributed by atoms with Crippen molar-refractivity contribution in [3.8, 4) is 5.69 Å². The highest BCUT2D eigenvalue weighted by atomic mass is 31.0. The van der Waals surface area contributed by atoms with E-state index in [1.165, 1.54) is 12.1 Å². The first-order valence-corrected chi connectivity index (χ1v) is 7.23. The van der Waals surface area contributed by atoms with Crippen LogP contribution in [0.5, 0.6) is 0 Å². The topological polar surface area (TPSA) is 47.8 Å². The lowest BCUT2D eigenvalue weighted by molar-refractivity contribution is 0.568. The summed E-state index contributed by atoms with van der Waals surface area (Å²) >= 11 is 0. The van der Waals surface area contributed by atoms with E-state index in [1.807, 2.05) is 6.92 Å². The number of fused-ring (bicyclic) bond motifs is 1. The molecule has 3 rings (SSSR count). The quantitative estimate of drug-likeness (QED) is 0.680. The Labute approximate surface area is 127 Å². The lowest BCUT2D eigenvalue weighted by Crippen LogP contribution is -2.23. The molecule has 2 aromatic heterocycles. The Hall–Kier alpha value is -2.20. The molecule has 0 N–H and O–H groups in total. The first-order chi connectivity index (χ1) is 10.5. The summed E-state index contributed by atoms with van der Waals surface area (Å²) in [5.41, 5.74) is -0.217. The van der Waals surface area contributed by atoms with E-state index >= 15 is 0 Å². The first kappa shape index (κ1) is 14.7. The lowest BCUT2D eigenvalue weighted by atomic mass is 10.2. The fourth-order valence-corrected chi connectivity index (χ4v) is 2.64. The molecule has 0 aliphatic heterocycles. The number of halogens is 2. The van der Waals surface area contributed by atoms with Crippen LogP contribution in [-0.4, -0.2) is 14.5 Å². The fraction of sp³-hybridized carbons (Fsp3) is 0.133. The van der Waals surface area contributed by atoms with E-state index in [0.29, 0.717) is 23.1 Å². The van der Waals surface area contributed by atoms with Crippen LogP contribution < -0.4 is 11.0 Å². The third kappa shape index (κ3) is 2.29. The van der Waals surface area contributed by atoms with Crippen LogP contribution in [0.25, 0.3) is 16.7 Å². The number of para-hydroxylation sites is 1. The molecule has 0 radical (unpaired) electrons. The molecule has 0 saturated heterocycles. The summed E-state index contributed by atoms with van der Waals surface area (Å²) in [5, 5.41) is 0.546. The van der Waals surface area contributed by atoms with Gasteiger partial charge in [-0.1, -0.05) is 22.2 Å². The highest BCUT2D eigenvalue weighted by Gasteiger charge is 2.17. The number of rotatable bonds is 2. The van der Waals surface area contributed by atoms with Gasteiger partial charge >= 0.3 is 0 Å². The Balaban J connectivity index is 2.50. The molecule has 0 saturated carbocycles. The van der Waals surface area contributed by atoms with E-state index < -0.39 is 22.9 Å². The molecule has 0 bridgehead atoms. The van der Waals surface area contributed by atoms with Gasteiger partial charge in [0.25, 0.3) is 5.56 Å². The molecular weight excluding hydrogens is 307 g/mol. The monoisotopic (exact) mass is 319 g/mol. The molecule has 3 aromatic rings. The summed E-state index contributed by atoms with van der Waals surface area (Å²) in [6.45, 7) is 1.86. The summed E-state index contributed by atoms with van der Waals surface area (Å²) in [5.74, 6) is -1.15. The normalized spacial score (nSPS) is 11.1. The first-order valence-electron chi connectivity index (χ1n) is 6.65. The Morgan fingerprint density at radius 2 is 1.82 bits per heavy atom. The van der Waals surface area contributed by atoms with E-state index in [0.717, 1.165) is 16.7 Å². The average Bonchev–Trinajstić information content (AvgIpc) is 2.48. The van der Waals surface area contributed by atoms with Crippen molar-refractivity contribution in [3.63, 3.8) is 0 Å².